The van der Waals surface area contributed by atoms with E-state index in [0.29, 0.717) is 22.0 Å². The molecule has 0 spiro atoms. The summed E-state index contributed by atoms with van der Waals surface area (Å²) in [4.78, 5) is 16.9. The second-order valence-corrected chi connectivity index (χ2v) is 7.99. The zero-order valence-corrected chi connectivity index (χ0v) is 16.5. The maximum Gasteiger partial charge on any atom is 0.298 e. The van der Waals surface area contributed by atoms with Crippen LogP contribution in [0.4, 0.5) is 15.8 Å². The van der Waals surface area contributed by atoms with Crippen molar-refractivity contribution < 1.29 is 13.6 Å². The smallest absolute Gasteiger partial charge is 0.298 e. The molecule has 4 aromatic rings. The van der Waals surface area contributed by atoms with Crippen LogP contribution in [-0.4, -0.2) is 5.91 Å². The number of fused-ring (bicyclic) bond motifs is 2. The predicted molar refractivity (Wildman–Crippen MR) is 113 cm³/mol. The van der Waals surface area contributed by atoms with Gasteiger partial charge in [-0.15, -0.1) is 0 Å². The van der Waals surface area contributed by atoms with Gasteiger partial charge < -0.3 is 4.42 Å². The first kappa shape index (κ1) is 18.0. The molecule has 1 aliphatic rings. The monoisotopic (exact) mass is 421 g/mol. The Kier molecular flexibility index (Phi) is 4.42. The third-order valence-electron chi connectivity index (χ3n) is 4.65. The Morgan fingerprint density at radius 3 is 2.52 bits per heavy atom. The zero-order chi connectivity index (χ0) is 20.0. The van der Waals surface area contributed by atoms with E-state index in [0.717, 1.165) is 15.5 Å². The highest BCUT2D eigenvalue weighted by atomic mass is 35.5. The van der Waals surface area contributed by atoms with Crippen molar-refractivity contribution in [2.75, 3.05) is 4.90 Å². The Hall–Kier alpha value is -3.02. The summed E-state index contributed by atoms with van der Waals surface area (Å²) >= 11 is 7.79. The maximum absolute atomic E-state index is 14.1. The van der Waals surface area contributed by atoms with Crippen LogP contribution < -0.4 is 4.90 Å². The molecule has 6 heteroatoms. The standard InChI is InChI=1S/C23H13ClFNO2S/c24-14-9-12-22-18(13-14)26(17-7-3-4-8-21(17)29-22)23(27)20-11-10-19(28-20)15-5-1-2-6-16(15)25/h1-13H. The van der Waals surface area contributed by atoms with Gasteiger partial charge in [0.1, 0.15) is 11.6 Å². The average molecular weight is 422 g/mol. The molecule has 29 heavy (non-hydrogen) atoms. The highest BCUT2D eigenvalue weighted by molar-refractivity contribution is 7.99. The minimum absolute atomic E-state index is 0.121. The molecule has 0 atom stereocenters. The summed E-state index contributed by atoms with van der Waals surface area (Å²) in [5.41, 5.74) is 1.75. The van der Waals surface area contributed by atoms with E-state index in [9.17, 15) is 9.18 Å². The molecule has 0 saturated heterocycles. The molecule has 3 aromatic carbocycles. The summed E-state index contributed by atoms with van der Waals surface area (Å²) in [6, 6.07) is 22.6. The van der Waals surface area contributed by atoms with Gasteiger partial charge in [-0.1, -0.05) is 47.6 Å². The fraction of sp³-hybridized carbons (Fsp3) is 0. The quantitative estimate of drug-likeness (QED) is 0.343. The maximum atomic E-state index is 14.1. The Bertz CT molecular complexity index is 1250. The number of rotatable bonds is 2. The first-order chi connectivity index (χ1) is 14.1. The number of nitrogens with zero attached hydrogens (tertiary/aromatic N) is 1. The molecule has 0 fully saturated rings. The van der Waals surface area contributed by atoms with E-state index < -0.39 is 5.82 Å². The van der Waals surface area contributed by atoms with Gasteiger partial charge in [-0.3, -0.25) is 9.69 Å². The third kappa shape index (κ3) is 3.12. The molecule has 0 unspecified atom stereocenters. The molecule has 0 aliphatic carbocycles. The van der Waals surface area contributed by atoms with Crippen molar-refractivity contribution in [3.8, 4) is 11.3 Å². The second kappa shape index (κ2) is 7.10. The molecular weight excluding hydrogens is 409 g/mol. The van der Waals surface area contributed by atoms with Gasteiger partial charge in [0.2, 0.25) is 0 Å². The summed E-state index contributed by atoms with van der Waals surface area (Å²) in [5.74, 6) is -0.324. The van der Waals surface area contributed by atoms with Crippen LogP contribution in [-0.2, 0) is 0 Å². The van der Waals surface area contributed by atoms with Gasteiger partial charge in [0, 0.05) is 14.8 Å². The van der Waals surface area contributed by atoms with Crippen LogP contribution in [0.3, 0.4) is 0 Å². The minimum Gasteiger partial charge on any atom is -0.451 e. The van der Waals surface area contributed by atoms with Gasteiger partial charge in [-0.05, 0) is 54.6 Å². The summed E-state index contributed by atoms with van der Waals surface area (Å²) in [6.45, 7) is 0. The third-order valence-corrected chi connectivity index (χ3v) is 6.01. The molecule has 1 amide bonds. The van der Waals surface area contributed by atoms with Crippen LogP contribution in [0.5, 0.6) is 0 Å². The fourth-order valence-electron chi connectivity index (χ4n) is 3.32. The van der Waals surface area contributed by atoms with Gasteiger partial charge >= 0.3 is 0 Å². The molecule has 2 heterocycles. The summed E-state index contributed by atoms with van der Waals surface area (Å²) in [5, 5.41) is 0.535. The Morgan fingerprint density at radius 2 is 1.66 bits per heavy atom. The lowest BCUT2D eigenvalue weighted by Gasteiger charge is -2.30. The van der Waals surface area contributed by atoms with Crippen molar-refractivity contribution in [2.24, 2.45) is 0 Å². The molecule has 0 bridgehead atoms. The fourth-order valence-corrected chi connectivity index (χ4v) is 4.52. The van der Waals surface area contributed by atoms with Crippen molar-refractivity contribution in [3.63, 3.8) is 0 Å². The van der Waals surface area contributed by atoms with Crippen molar-refractivity contribution >= 4 is 40.6 Å². The number of halogens is 2. The SMILES string of the molecule is O=C(c1ccc(-c2ccccc2F)o1)N1c2ccccc2Sc2ccc(Cl)cc21. The highest BCUT2D eigenvalue weighted by Crippen LogP contribution is 2.49. The second-order valence-electron chi connectivity index (χ2n) is 6.47. The summed E-state index contributed by atoms with van der Waals surface area (Å²) in [6.07, 6.45) is 0. The van der Waals surface area contributed by atoms with E-state index in [4.69, 9.17) is 16.0 Å². The number of furan rings is 1. The Labute approximate surface area is 175 Å². The van der Waals surface area contributed by atoms with E-state index in [1.807, 2.05) is 30.3 Å². The largest absolute Gasteiger partial charge is 0.451 e. The van der Waals surface area contributed by atoms with E-state index >= 15 is 0 Å². The van der Waals surface area contributed by atoms with Crippen molar-refractivity contribution in [1.29, 1.82) is 0 Å². The lowest BCUT2D eigenvalue weighted by molar-refractivity contribution is 0.0972. The zero-order valence-electron chi connectivity index (χ0n) is 14.9. The molecule has 0 radical (unpaired) electrons. The van der Waals surface area contributed by atoms with Crippen LogP contribution in [0.15, 0.2) is 93.1 Å². The number of para-hydroxylation sites is 1. The summed E-state index contributed by atoms with van der Waals surface area (Å²) < 4.78 is 19.9. The minimum atomic E-state index is -0.405. The van der Waals surface area contributed by atoms with Gasteiger partial charge in [0.15, 0.2) is 5.76 Å². The molecule has 5 rings (SSSR count). The Morgan fingerprint density at radius 1 is 0.897 bits per heavy atom. The summed E-state index contributed by atoms with van der Waals surface area (Å²) in [7, 11) is 0. The van der Waals surface area contributed by atoms with Crippen LogP contribution in [0.25, 0.3) is 11.3 Å². The van der Waals surface area contributed by atoms with Crippen molar-refractivity contribution in [3.05, 3.63) is 95.5 Å². The molecule has 0 N–H and O–H groups in total. The van der Waals surface area contributed by atoms with Gasteiger partial charge in [0.05, 0.1) is 16.9 Å². The van der Waals surface area contributed by atoms with Crippen molar-refractivity contribution in [2.45, 2.75) is 9.79 Å². The number of carbonyl (C=O) groups is 1. The molecule has 3 nitrogen and oxygen atoms in total. The van der Waals surface area contributed by atoms with Crippen LogP contribution in [0.2, 0.25) is 5.02 Å². The molecule has 1 aliphatic heterocycles. The van der Waals surface area contributed by atoms with E-state index in [2.05, 4.69) is 0 Å². The van der Waals surface area contributed by atoms with Gasteiger partial charge in [0.25, 0.3) is 5.91 Å². The first-order valence-electron chi connectivity index (χ1n) is 8.87. The lowest BCUT2D eigenvalue weighted by Crippen LogP contribution is -2.28. The molecular formula is C23H13ClFNO2S. The molecule has 1 aromatic heterocycles. The highest BCUT2D eigenvalue weighted by Gasteiger charge is 2.31. The number of amides is 1. The number of hydrogen-bond donors (Lipinski definition) is 0. The van der Waals surface area contributed by atoms with E-state index in [-0.39, 0.29) is 11.7 Å². The van der Waals surface area contributed by atoms with E-state index in [1.165, 1.54) is 6.07 Å². The first-order valence-corrected chi connectivity index (χ1v) is 10.1. The Balaban J connectivity index is 1.61. The van der Waals surface area contributed by atoms with Crippen LogP contribution in [0.1, 0.15) is 10.6 Å². The normalized spacial score (nSPS) is 12.4. The predicted octanol–water partition coefficient (Wildman–Crippen LogP) is 7.18. The van der Waals surface area contributed by atoms with E-state index in [1.54, 1.807) is 59.1 Å². The lowest BCUT2D eigenvalue weighted by atomic mass is 10.1. The van der Waals surface area contributed by atoms with Gasteiger partial charge in [-0.25, -0.2) is 4.39 Å². The number of anilines is 2. The number of hydrogen-bond acceptors (Lipinski definition) is 3. The van der Waals surface area contributed by atoms with Crippen LogP contribution >= 0.6 is 23.4 Å². The number of carbonyl (C=O) groups excluding carboxylic acids is 1. The van der Waals surface area contributed by atoms with Crippen molar-refractivity contribution in [1.82, 2.24) is 0 Å². The van der Waals surface area contributed by atoms with Gasteiger partial charge in [-0.2, -0.15) is 0 Å². The molecule has 142 valence electrons. The topological polar surface area (TPSA) is 33.5 Å². The number of benzene rings is 3. The molecule has 0 saturated carbocycles. The van der Waals surface area contributed by atoms with Crippen LogP contribution in [0, 0.1) is 5.82 Å². The average Bonchev–Trinajstić information content (AvgIpc) is 3.22.